The summed E-state index contributed by atoms with van der Waals surface area (Å²) in [7, 11) is 0. The molecule has 3 rings (SSSR count). The first-order valence-electron chi connectivity index (χ1n) is 14.3. The van der Waals surface area contributed by atoms with Crippen LogP contribution in [0.15, 0.2) is 36.4 Å². The third-order valence-electron chi connectivity index (χ3n) is 6.74. The van der Waals surface area contributed by atoms with E-state index in [1.165, 1.54) is 27.7 Å². The molecule has 1 aliphatic rings. The molecule has 0 saturated carbocycles. The van der Waals surface area contributed by atoms with E-state index in [4.69, 9.17) is 18.9 Å². The van der Waals surface area contributed by atoms with E-state index < -0.39 is 77.4 Å². The van der Waals surface area contributed by atoms with E-state index >= 15 is 17.6 Å². The highest BCUT2D eigenvalue weighted by Gasteiger charge is 2.80. The van der Waals surface area contributed by atoms with Gasteiger partial charge >= 0.3 is 41.9 Å². The lowest BCUT2D eigenvalue weighted by Gasteiger charge is -2.25. The minimum atomic E-state index is -5.80. The number of nitrogens with one attached hydrogen (secondary N) is 2. The van der Waals surface area contributed by atoms with Crippen LogP contribution in [0, 0.1) is 13.8 Å². The smallest absolute Gasteiger partial charge is 0.407 e. The van der Waals surface area contributed by atoms with Crippen LogP contribution in [0.2, 0.25) is 0 Å². The Morgan fingerprint density at radius 3 is 1.35 bits per heavy atom. The Morgan fingerprint density at radius 2 is 1.02 bits per heavy atom. The Hall–Kier alpha value is -4.32. The normalized spacial score (nSPS) is 15.7. The van der Waals surface area contributed by atoms with Crippen LogP contribution in [-0.4, -0.2) is 68.2 Å². The first-order chi connectivity index (χ1) is 22.7. The topological polar surface area (TPSA) is 129 Å². The predicted molar refractivity (Wildman–Crippen MR) is 168 cm³/mol. The molecule has 268 valence electrons. The van der Waals surface area contributed by atoms with Crippen molar-refractivity contribution in [2.45, 2.75) is 58.7 Å². The van der Waals surface area contributed by atoms with Crippen molar-refractivity contribution in [3.8, 4) is 0 Å². The first-order valence-corrected chi connectivity index (χ1v) is 15.9. The molecule has 0 spiro atoms. The van der Waals surface area contributed by atoms with Crippen molar-refractivity contribution in [1.82, 2.24) is 10.6 Å². The van der Waals surface area contributed by atoms with E-state index in [2.05, 4.69) is 23.8 Å². The van der Waals surface area contributed by atoms with E-state index in [-0.39, 0.29) is 57.0 Å². The van der Waals surface area contributed by atoms with Crippen LogP contribution >= 0.6 is 22.7 Å². The fraction of sp³-hybridized carbons (Fsp3) is 0.419. The van der Waals surface area contributed by atoms with Gasteiger partial charge in [-0.15, -0.1) is 22.7 Å². The van der Waals surface area contributed by atoms with Gasteiger partial charge in [-0.25, -0.2) is 19.2 Å². The van der Waals surface area contributed by atoms with Crippen molar-refractivity contribution in [3.05, 3.63) is 67.1 Å². The van der Waals surface area contributed by atoms with Gasteiger partial charge in [0.05, 0.1) is 13.1 Å². The molecule has 10 nitrogen and oxygen atoms in total. The molecule has 2 heterocycles. The van der Waals surface area contributed by atoms with Gasteiger partial charge in [-0.05, 0) is 51.0 Å². The molecule has 0 radical (unpaired) electrons. The number of hydrogen-bond acceptors (Lipinski definition) is 10. The fourth-order valence-corrected chi connectivity index (χ4v) is 6.29. The number of thiophene rings is 2. The van der Waals surface area contributed by atoms with Crippen LogP contribution in [-0.2, 0) is 41.8 Å². The Morgan fingerprint density at radius 1 is 0.673 bits per heavy atom. The third kappa shape index (κ3) is 8.65. The summed E-state index contributed by atoms with van der Waals surface area (Å²) in [6.07, 6.45) is -1.96. The van der Waals surface area contributed by atoms with E-state index in [0.29, 0.717) is 0 Å². The number of rotatable bonds is 14. The predicted octanol–water partition coefficient (Wildman–Crippen LogP) is 6.95. The Bertz CT molecular complexity index is 1560. The highest BCUT2D eigenvalue weighted by Crippen LogP contribution is 2.65. The monoisotopic (exact) mass is 738 g/mol. The summed E-state index contributed by atoms with van der Waals surface area (Å²) in [5.41, 5.74) is -4.03. The molecular weight excluding hydrogens is 706 g/mol. The summed E-state index contributed by atoms with van der Waals surface area (Å²) in [6, 6.07) is 1.96. The molecule has 0 aromatic carbocycles. The zero-order valence-corrected chi connectivity index (χ0v) is 28.3. The van der Waals surface area contributed by atoms with Gasteiger partial charge in [-0.2, -0.15) is 26.3 Å². The number of halogens is 6. The van der Waals surface area contributed by atoms with Crippen LogP contribution in [0.5, 0.6) is 0 Å². The number of amides is 2. The number of ether oxygens (including phenoxy) is 4. The van der Waals surface area contributed by atoms with Gasteiger partial charge in [0, 0.05) is 41.8 Å². The molecule has 18 heteroatoms. The molecule has 2 amide bonds. The molecule has 0 fully saturated rings. The van der Waals surface area contributed by atoms with E-state index in [1.54, 1.807) is 0 Å². The number of carbonyl (C=O) groups is 4. The number of esters is 2. The molecule has 2 aromatic heterocycles. The Labute approximate surface area is 284 Å². The maximum atomic E-state index is 15.4. The number of alkyl carbamates (subject to hydrolysis) is 2. The number of alkyl halides is 6. The van der Waals surface area contributed by atoms with Crippen LogP contribution in [0.3, 0.4) is 0 Å². The van der Waals surface area contributed by atoms with Crippen LogP contribution in [0.4, 0.5) is 35.9 Å². The van der Waals surface area contributed by atoms with Crippen LogP contribution in [0.25, 0.3) is 11.1 Å². The summed E-state index contributed by atoms with van der Waals surface area (Å²) in [6.45, 7) is 10.5. The van der Waals surface area contributed by atoms with E-state index in [1.807, 2.05) is 0 Å². The minimum absolute atomic E-state index is 0.0200. The molecule has 1 aliphatic carbocycles. The molecule has 49 heavy (non-hydrogen) atoms. The quantitative estimate of drug-likeness (QED) is 0.0701. The maximum absolute atomic E-state index is 15.4. The van der Waals surface area contributed by atoms with Crippen molar-refractivity contribution in [2.75, 3.05) is 26.3 Å². The third-order valence-corrected chi connectivity index (χ3v) is 8.79. The first kappa shape index (κ1) is 39.1. The van der Waals surface area contributed by atoms with Crippen LogP contribution < -0.4 is 10.6 Å². The summed E-state index contributed by atoms with van der Waals surface area (Å²) < 4.78 is 111. The van der Waals surface area contributed by atoms with E-state index in [9.17, 15) is 28.0 Å². The molecule has 0 aliphatic heterocycles. The average molecular weight is 739 g/mol. The Kier molecular flexibility index (Phi) is 12.4. The second-order valence-corrected chi connectivity index (χ2v) is 13.4. The number of carbonyl (C=O) groups excluding carboxylic acids is 4. The molecular formula is C31H32F6N2O8S2. The minimum Gasteiger partial charge on any atom is -0.460 e. The lowest BCUT2D eigenvalue weighted by Crippen LogP contribution is -2.48. The molecule has 2 N–H and O–H groups in total. The van der Waals surface area contributed by atoms with Crippen molar-refractivity contribution in [1.29, 1.82) is 0 Å². The standard InChI is InChI=1S/C31H32F6N2O8S2/c1-15(2)25(40)44-9-7-38-27(42)46-13-19-11-21(17(5)48-19)23-24(30(34,35)31(36,37)29(23,32)33)22-12-20(49-18(22)6)14-47-28(43)39-8-10-45-26(41)16(3)4/h11-12H,1,3,7-10,13-14H2,2,4-6H3,(H,38,42)(H,39,43). The molecule has 2 aromatic rings. The van der Waals surface area contributed by atoms with Crippen molar-refractivity contribution >= 4 is 57.9 Å². The van der Waals surface area contributed by atoms with Crippen molar-refractivity contribution < 1.29 is 64.5 Å². The summed E-state index contributed by atoms with van der Waals surface area (Å²) in [4.78, 5) is 47.0. The maximum Gasteiger partial charge on any atom is 0.407 e. The largest absolute Gasteiger partial charge is 0.460 e. The molecule has 0 atom stereocenters. The number of allylic oxidation sites excluding steroid dienone is 2. The average Bonchev–Trinajstić information content (AvgIpc) is 3.60. The van der Waals surface area contributed by atoms with Gasteiger partial charge in [-0.1, -0.05) is 13.2 Å². The SMILES string of the molecule is C=C(C)C(=O)OCCNC(=O)OCc1cc(C2=C(c3cc(COC(=O)NCCOC(=O)C(=C)C)sc3C)C(F)(F)C(F)(F)C2(F)F)c(C)s1. The highest BCUT2D eigenvalue weighted by atomic mass is 32.1. The molecule has 0 saturated heterocycles. The lowest BCUT2D eigenvalue weighted by atomic mass is 9.95. The zero-order chi connectivity index (χ0) is 36.9. The second kappa shape index (κ2) is 15.5. The lowest BCUT2D eigenvalue weighted by molar-refractivity contribution is -0.254. The highest BCUT2D eigenvalue weighted by molar-refractivity contribution is 7.12. The zero-order valence-electron chi connectivity index (χ0n) is 26.7. The van der Waals surface area contributed by atoms with Gasteiger partial charge < -0.3 is 29.6 Å². The van der Waals surface area contributed by atoms with Gasteiger partial charge in [0.1, 0.15) is 26.4 Å². The summed E-state index contributed by atoms with van der Waals surface area (Å²) in [5.74, 6) is -17.8. The number of hydrogen-bond donors (Lipinski definition) is 2. The van der Waals surface area contributed by atoms with Crippen molar-refractivity contribution in [3.63, 3.8) is 0 Å². The van der Waals surface area contributed by atoms with Crippen LogP contribution in [0.1, 0.15) is 44.5 Å². The summed E-state index contributed by atoms with van der Waals surface area (Å²) >= 11 is 1.55. The van der Waals surface area contributed by atoms with Gasteiger partial charge in [0.2, 0.25) is 0 Å². The Balaban J connectivity index is 1.80. The van der Waals surface area contributed by atoms with E-state index in [0.717, 1.165) is 34.8 Å². The van der Waals surface area contributed by atoms with Gasteiger partial charge in [0.15, 0.2) is 0 Å². The summed E-state index contributed by atoms with van der Waals surface area (Å²) in [5, 5.41) is 4.57. The molecule has 0 unspecified atom stereocenters. The molecule has 0 bridgehead atoms. The van der Waals surface area contributed by atoms with Gasteiger partial charge in [-0.3, -0.25) is 0 Å². The second-order valence-electron chi connectivity index (χ2n) is 10.7. The number of aryl methyl sites for hydroxylation is 2. The van der Waals surface area contributed by atoms with Gasteiger partial charge in [0.25, 0.3) is 0 Å². The van der Waals surface area contributed by atoms with Crippen molar-refractivity contribution in [2.24, 2.45) is 0 Å². The fourth-order valence-electron chi connectivity index (χ4n) is 4.37.